The lowest BCUT2D eigenvalue weighted by Crippen LogP contribution is -1.92. The highest BCUT2D eigenvalue weighted by atomic mass is 79.9. The highest BCUT2D eigenvalue weighted by Crippen LogP contribution is 2.44. The zero-order valence-electron chi connectivity index (χ0n) is 9.45. The first-order chi connectivity index (χ1) is 9.08. The number of nitrogens with two attached hydrogens (primary N) is 1. The molecular weight excluding hydrogens is 411 g/mol. The van der Waals surface area contributed by atoms with Gasteiger partial charge in [-0.05, 0) is 50.1 Å². The summed E-state index contributed by atoms with van der Waals surface area (Å²) in [6, 6.07) is 9.79. The van der Waals surface area contributed by atoms with Crippen LogP contribution in [0.5, 0.6) is 0 Å². The van der Waals surface area contributed by atoms with Crippen molar-refractivity contribution in [2.75, 3.05) is 5.73 Å². The third kappa shape index (κ3) is 2.29. The Morgan fingerprint density at radius 3 is 2.68 bits per heavy atom. The van der Waals surface area contributed by atoms with E-state index in [-0.39, 0.29) is 0 Å². The summed E-state index contributed by atoms with van der Waals surface area (Å²) in [5.41, 5.74) is 8.43. The van der Waals surface area contributed by atoms with Crippen LogP contribution in [-0.2, 0) is 0 Å². The third-order valence-electron chi connectivity index (χ3n) is 2.71. The Kier molecular flexibility index (Phi) is 3.55. The molecule has 3 aromatic rings. The fourth-order valence-electron chi connectivity index (χ4n) is 1.78. The van der Waals surface area contributed by atoms with Crippen LogP contribution in [0.1, 0.15) is 0 Å². The molecule has 2 N–H and O–H groups in total. The lowest BCUT2D eigenvalue weighted by atomic mass is 10.2. The number of rotatable bonds is 1. The molecule has 0 amide bonds. The number of hydrogen-bond donors (Lipinski definition) is 1. The van der Waals surface area contributed by atoms with Crippen LogP contribution in [0.4, 0.5) is 5.69 Å². The number of para-hydroxylation sites is 1. The summed E-state index contributed by atoms with van der Waals surface area (Å²) in [5, 5.41) is 1.48. The number of halogens is 3. The SMILES string of the molecule is Nc1c(Br)cc(Cl)c(-c2nc3ccccc3s2)c1Br. The normalized spacial score (nSPS) is 11.1. The van der Waals surface area contributed by atoms with E-state index in [0.29, 0.717) is 10.7 Å². The van der Waals surface area contributed by atoms with Crippen molar-refractivity contribution in [3.05, 3.63) is 44.3 Å². The topological polar surface area (TPSA) is 38.9 Å². The maximum atomic E-state index is 6.32. The van der Waals surface area contributed by atoms with Crippen LogP contribution >= 0.6 is 54.8 Å². The molecule has 2 nitrogen and oxygen atoms in total. The molecule has 0 aliphatic heterocycles. The number of thiazole rings is 1. The van der Waals surface area contributed by atoms with Gasteiger partial charge in [0.2, 0.25) is 0 Å². The quantitative estimate of drug-likeness (QED) is 0.513. The van der Waals surface area contributed by atoms with Gasteiger partial charge in [-0.2, -0.15) is 0 Å². The molecule has 0 unspecified atom stereocenters. The second-order valence-corrected chi connectivity index (χ2v) is 7.01. The number of benzene rings is 2. The minimum atomic E-state index is 0.618. The first kappa shape index (κ1) is 13.4. The Balaban J connectivity index is 2.29. The van der Waals surface area contributed by atoms with Crippen LogP contribution in [0.3, 0.4) is 0 Å². The molecule has 0 saturated heterocycles. The molecular formula is C13H7Br2ClN2S. The average molecular weight is 419 g/mol. The van der Waals surface area contributed by atoms with E-state index in [2.05, 4.69) is 36.8 Å². The highest BCUT2D eigenvalue weighted by molar-refractivity contribution is 9.11. The van der Waals surface area contributed by atoms with Gasteiger partial charge in [-0.25, -0.2) is 4.98 Å². The van der Waals surface area contributed by atoms with Gasteiger partial charge < -0.3 is 5.73 Å². The number of anilines is 1. The summed E-state index contributed by atoms with van der Waals surface area (Å²) in [4.78, 5) is 4.61. The Morgan fingerprint density at radius 2 is 1.95 bits per heavy atom. The molecule has 0 spiro atoms. The van der Waals surface area contributed by atoms with E-state index < -0.39 is 0 Å². The molecule has 3 rings (SSSR count). The molecule has 2 aromatic carbocycles. The minimum Gasteiger partial charge on any atom is -0.397 e. The standard InChI is InChI=1S/C13H7Br2ClN2S/c14-6-5-7(16)10(11(15)12(6)17)13-18-8-3-1-2-4-9(8)19-13/h1-5H,17H2. The predicted molar refractivity (Wildman–Crippen MR) is 89.9 cm³/mol. The molecule has 6 heteroatoms. The number of nitrogen functional groups attached to an aromatic ring is 1. The molecule has 0 bridgehead atoms. The van der Waals surface area contributed by atoms with Gasteiger partial charge in [-0.15, -0.1) is 11.3 Å². The van der Waals surface area contributed by atoms with Crippen molar-refractivity contribution in [2.24, 2.45) is 0 Å². The van der Waals surface area contributed by atoms with E-state index in [1.165, 1.54) is 0 Å². The first-order valence-corrected chi connectivity index (χ1v) is 8.15. The van der Waals surface area contributed by atoms with Crippen molar-refractivity contribution in [1.82, 2.24) is 4.98 Å². The maximum Gasteiger partial charge on any atom is 0.127 e. The van der Waals surface area contributed by atoms with Gasteiger partial charge in [-0.1, -0.05) is 23.7 Å². The van der Waals surface area contributed by atoms with E-state index in [4.69, 9.17) is 17.3 Å². The van der Waals surface area contributed by atoms with E-state index in [9.17, 15) is 0 Å². The predicted octanol–water partition coefficient (Wildman–Crippen LogP) is 5.72. The lowest BCUT2D eigenvalue weighted by molar-refractivity contribution is 1.46. The van der Waals surface area contributed by atoms with E-state index in [0.717, 1.165) is 29.7 Å². The van der Waals surface area contributed by atoms with Gasteiger partial charge in [0.05, 0.1) is 25.4 Å². The van der Waals surface area contributed by atoms with Crippen molar-refractivity contribution < 1.29 is 0 Å². The zero-order valence-corrected chi connectivity index (χ0v) is 14.2. The van der Waals surface area contributed by atoms with Gasteiger partial charge in [-0.3, -0.25) is 0 Å². The summed E-state index contributed by atoms with van der Waals surface area (Å²) < 4.78 is 2.67. The molecule has 19 heavy (non-hydrogen) atoms. The van der Waals surface area contributed by atoms with Crippen LogP contribution in [0.15, 0.2) is 39.3 Å². The first-order valence-electron chi connectivity index (χ1n) is 5.37. The molecule has 0 saturated carbocycles. The van der Waals surface area contributed by atoms with Crippen molar-refractivity contribution in [2.45, 2.75) is 0 Å². The number of aromatic nitrogens is 1. The van der Waals surface area contributed by atoms with Gasteiger partial charge in [0, 0.05) is 10.0 Å². The van der Waals surface area contributed by atoms with Crippen molar-refractivity contribution in [3.63, 3.8) is 0 Å². The van der Waals surface area contributed by atoms with Crippen molar-refractivity contribution in [3.8, 4) is 10.6 Å². The zero-order chi connectivity index (χ0) is 13.6. The highest BCUT2D eigenvalue weighted by Gasteiger charge is 2.17. The largest absolute Gasteiger partial charge is 0.397 e. The molecule has 1 heterocycles. The van der Waals surface area contributed by atoms with Crippen molar-refractivity contribution in [1.29, 1.82) is 0 Å². The molecule has 96 valence electrons. The number of hydrogen-bond acceptors (Lipinski definition) is 3. The molecule has 0 aliphatic rings. The van der Waals surface area contributed by atoms with Gasteiger partial charge in [0.15, 0.2) is 0 Å². The second kappa shape index (κ2) is 5.05. The Hall–Kier alpha value is -0.620. The Labute approximate surface area is 135 Å². The second-order valence-electron chi connectivity index (χ2n) is 3.93. The summed E-state index contributed by atoms with van der Waals surface area (Å²) in [7, 11) is 0. The van der Waals surface area contributed by atoms with Gasteiger partial charge >= 0.3 is 0 Å². The van der Waals surface area contributed by atoms with Crippen LogP contribution in [0.25, 0.3) is 20.8 Å². The van der Waals surface area contributed by atoms with Gasteiger partial charge in [0.25, 0.3) is 0 Å². The van der Waals surface area contributed by atoms with E-state index in [1.54, 1.807) is 17.4 Å². The Morgan fingerprint density at radius 1 is 1.21 bits per heavy atom. The fraction of sp³-hybridized carbons (Fsp3) is 0. The number of nitrogens with zero attached hydrogens (tertiary/aromatic N) is 1. The summed E-state index contributed by atoms with van der Waals surface area (Å²) in [6.45, 7) is 0. The van der Waals surface area contributed by atoms with Crippen molar-refractivity contribution >= 4 is 70.7 Å². The van der Waals surface area contributed by atoms with Crippen LogP contribution in [0.2, 0.25) is 5.02 Å². The molecule has 0 radical (unpaired) electrons. The molecule has 1 aromatic heterocycles. The van der Waals surface area contributed by atoms with Crippen LogP contribution < -0.4 is 5.73 Å². The molecule has 0 fully saturated rings. The fourth-order valence-corrected chi connectivity index (χ4v) is 4.85. The minimum absolute atomic E-state index is 0.618. The molecule has 0 atom stereocenters. The lowest BCUT2D eigenvalue weighted by Gasteiger charge is -2.08. The monoisotopic (exact) mass is 416 g/mol. The number of fused-ring (bicyclic) bond motifs is 1. The average Bonchev–Trinajstić information content (AvgIpc) is 2.79. The van der Waals surface area contributed by atoms with Crippen LogP contribution in [-0.4, -0.2) is 4.98 Å². The van der Waals surface area contributed by atoms with Crippen LogP contribution in [0, 0.1) is 0 Å². The summed E-state index contributed by atoms with van der Waals surface area (Å²) >= 11 is 14.8. The smallest absolute Gasteiger partial charge is 0.127 e. The summed E-state index contributed by atoms with van der Waals surface area (Å²) in [6.07, 6.45) is 0. The van der Waals surface area contributed by atoms with E-state index in [1.807, 2.05) is 24.3 Å². The Bertz CT molecular complexity index is 753. The maximum absolute atomic E-state index is 6.32. The summed E-state index contributed by atoms with van der Waals surface area (Å²) in [5.74, 6) is 0. The van der Waals surface area contributed by atoms with E-state index >= 15 is 0 Å². The third-order valence-corrected chi connectivity index (χ3v) is 5.55. The molecule has 0 aliphatic carbocycles. The van der Waals surface area contributed by atoms with Gasteiger partial charge in [0.1, 0.15) is 5.01 Å².